The Morgan fingerprint density at radius 3 is 2.27 bits per heavy atom. The summed E-state index contributed by atoms with van der Waals surface area (Å²) in [7, 11) is -3.01. The standard InChI is InChI=1S/C18H27NO2S/c1-18(2,3)16-8-6-15(7-9-16)5-4-14-22(20,21)17-10-12-19-13-11-17/h4-9,17,19H,10-14H2,1-3H3. The molecule has 0 saturated carbocycles. The van der Waals surface area contributed by atoms with Crippen LogP contribution in [-0.4, -0.2) is 32.5 Å². The van der Waals surface area contributed by atoms with E-state index in [1.807, 2.05) is 18.2 Å². The fraction of sp³-hybridized carbons (Fsp3) is 0.556. The molecule has 0 spiro atoms. The summed E-state index contributed by atoms with van der Waals surface area (Å²) in [4.78, 5) is 0. The zero-order valence-corrected chi connectivity index (χ0v) is 14.6. The molecule has 0 amide bonds. The first kappa shape index (κ1) is 17.2. The van der Waals surface area contributed by atoms with Gasteiger partial charge < -0.3 is 5.32 Å². The molecule has 1 aromatic rings. The van der Waals surface area contributed by atoms with Crippen LogP contribution in [0.2, 0.25) is 0 Å². The Bertz CT molecular complexity index is 603. The zero-order valence-electron chi connectivity index (χ0n) is 13.8. The topological polar surface area (TPSA) is 46.2 Å². The van der Waals surface area contributed by atoms with Crippen LogP contribution in [0.15, 0.2) is 30.3 Å². The average molecular weight is 321 g/mol. The molecule has 1 fully saturated rings. The summed E-state index contributed by atoms with van der Waals surface area (Å²) in [6.45, 7) is 8.17. The molecule has 0 aliphatic carbocycles. The Hall–Kier alpha value is -1.13. The zero-order chi connectivity index (χ0) is 16.2. The van der Waals surface area contributed by atoms with Gasteiger partial charge in [-0.3, -0.25) is 0 Å². The second-order valence-corrected chi connectivity index (χ2v) is 9.38. The van der Waals surface area contributed by atoms with Crippen LogP contribution in [0.5, 0.6) is 0 Å². The molecule has 0 atom stereocenters. The van der Waals surface area contributed by atoms with E-state index in [0.717, 1.165) is 31.5 Å². The van der Waals surface area contributed by atoms with Gasteiger partial charge in [-0.2, -0.15) is 0 Å². The second kappa shape index (κ2) is 6.97. The Labute approximate surface area is 134 Å². The smallest absolute Gasteiger partial charge is 0.156 e. The Morgan fingerprint density at radius 1 is 1.14 bits per heavy atom. The van der Waals surface area contributed by atoms with Crippen molar-refractivity contribution >= 4 is 15.9 Å². The van der Waals surface area contributed by atoms with E-state index in [0.29, 0.717) is 0 Å². The lowest BCUT2D eigenvalue weighted by molar-refractivity contribution is 0.498. The first-order chi connectivity index (χ1) is 10.3. The molecule has 0 aromatic heterocycles. The molecule has 0 radical (unpaired) electrons. The summed E-state index contributed by atoms with van der Waals surface area (Å²) in [6.07, 6.45) is 5.15. The predicted molar refractivity (Wildman–Crippen MR) is 93.9 cm³/mol. The molecule has 1 aromatic carbocycles. The third-order valence-electron chi connectivity index (χ3n) is 4.21. The molecule has 2 rings (SSSR count). The van der Waals surface area contributed by atoms with Gasteiger partial charge in [0.05, 0.1) is 11.0 Å². The van der Waals surface area contributed by atoms with Crippen LogP contribution in [0, 0.1) is 0 Å². The lowest BCUT2D eigenvalue weighted by Gasteiger charge is -2.22. The summed E-state index contributed by atoms with van der Waals surface area (Å²) in [5, 5.41) is 3.02. The fourth-order valence-electron chi connectivity index (χ4n) is 2.70. The highest BCUT2D eigenvalue weighted by molar-refractivity contribution is 7.92. The molecule has 22 heavy (non-hydrogen) atoms. The molecule has 1 N–H and O–H groups in total. The van der Waals surface area contributed by atoms with Crippen LogP contribution in [-0.2, 0) is 15.3 Å². The lowest BCUT2D eigenvalue weighted by Crippen LogP contribution is -2.36. The van der Waals surface area contributed by atoms with Crippen molar-refractivity contribution in [2.24, 2.45) is 0 Å². The van der Waals surface area contributed by atoms with Gasteiger partial charge in [-0.05, 0) is 42.5 Å². The first-order valence-electron chi connectivity index (χ1n) is 7.98. The Morgan fingerprint density at radius 2 is 1.73 bits per heavy atom. The van der Waals surface area contributed by atoms with E-state index in [9.17, 15) is 8.42 Å². The second-order valence-electron chi connectivity index (χ2n) is 7.05. The lowest BCUT2D eigenvalue weighted by atomic mass is 9.87. The van der Waals surface area contributed by atoms with Gasteiger partial charge in [0.1, 0.15) is 0 Å². The van der Waals surface area contributed by atoms with Crippen LogP contribution in [0.1, 0.15) is 44.7 Å². The van der Waals surface area contributed by atoms with E-state index >= 15 is 0 Å². The Kier molecular flexibility index (Phi) is 5.45. The van der Waals surface area contributed by atoms with Crippen molar-refractivity contribution in [2.75, 3.05) is 18.8 Å². The fourth-order valence-corrected chi connectivity index (χ4v) is 4.29. The summed E-state index contributed by atoms with van der Waals surface area (Å²) in [5.41, 5.74) is 2.47. The normalized spacial score (nSPS) is 18.0. The number of hydrogen-bond acceptors (Lipinski definition) is 3. The SMILES string of the molecule is CC(C)(C)c1ccc(C=CCS(=O)(=O)C2CCNCC2)cc1. The quantitative estimate of drug-likeness (QED) is 0.926. The average Bonchev–Trinajstić information content (AvgIpc) is 2.48. The van der Waals surface area contributed by atoms with E-state index < -0.39 is 9.84 Å². The van der Waals surface area contributed by atoms with Crippen molar-refractivity contribution in [3.63, 3.8) is 0 Å². The molecule has 0 bridgehead atoms. The minimum Gasteiger partial charge on any atom is -0.317 e. The molecule has 1 aliphatic heterocycles. The van der Waals surface area contributed by atoms with Gasteiger partial charge in [-0.15, -0.1) is 0 Å². The number of hydrogen-bond donors (Lipinski definition) is 1. The molecular weight excluding hydrogens is 294 g/mol. The molecule has 1 heterocycles. The third-order valence-corrected chi connectivity index (χ3v) is 6.35. The highest BCUT2D eigenvalue weighted by atomic mass is 32.2. The van der Waals surface area contributed by atoms with E-state index in [1.54, 1.807) is 6.08 Å². The minimum absolute atomic E-state index is 0.138. The molecule has 4 heteroatoms. The number of rotatable bonds is 4. The minimum atomic E-state index is -3.01. The van der Waals surface area contributed by atoms with E-state index in [2.05, 4.69) is 38.2 Å². The van der Waals surface area contributed by atoms with Crippen molar-refractivity contribution in [2.45, 2.75) is 44.3 Å². The Balaban J connectivity index is 1.97. The summed E-state index contributed by atoms with van der Waals surface area (Å²) >= 11 is 0. The van der Waals surface area contributed by atoms with Gasteiger partial charge >= 0.3 is 0 Å². The molecule has 3 nitrogen and oxygen atoms in total. The molecule has 122 valence electrons. The van der Waals surface area contributed by atoms with Gasteiger partial charge in [0.2, 0.25) is 0 Å². The summed E-state index contributed by atoms with van der Waals surface area (Å²) in [6, 6.07) is 8.32. The van der Waals surface area contributed by atoms with Crippen LogP contribution >= 0.6 is 0 Å². The maximum absolute atomic E-state index is 12.3. The van der Waals surface area contributed by atoms with Crippen molar-refractivity contribution in [1.29, 1.82) is 0 Å². The molecule has 1 saturated heterocycles. The number of nitrogens with one attached hydrogen (secondary N) is 1. The maximum Gasteiger partial charge on any atom is 0.156 e. The van der Waals surface area contributed by atoms with Crippen LogP contribution in [0.4, 0.5) is 0 Å². The van der Waals surface area contributed by atoms with E-state index in [4.69, 9.17) is 0 Å². The number of piperidine rings is 1. The highest BCUT2D eigenvalue weighted by Gasteiger charge is 2.25. The van der Waals surface area contributed by atoms with E-state index in [-0.39, 0.29) is 16.4 Å². The maximum atomic E-state index is 12.3. The first-order valence-corrected chi connectivity index (χ1v) is 9.70. The summed E-state index contributed by atoms with van der Waals surface area (Å²) < 4.78 is 24.6. The van der Waals surface area contributed by atoms with Crippen LogP contribution < -0.4 is 5.32 Å². The highest BCUT2D eigenvalue weighted by Crippen LogP contribution is 2.22. The van der Waals surface area contributed by atoms with Gasteiger partial charge in [-0.1, -0.05) is 57.2 Å². The van der Waals surface area contributed by atoms with Crippen molar-refractivity contribution in [3.05, 3.63) is 41.5 Å². The predicted octanol–water partition coefficient (Wildman–Crippen LogP) is 3.16. The molecule has 1 aliphatic rings. The van der Waals surface area contributed by atoms with Gasteiger partial charge in [-0.25, -0.2) is 8.42 Å². The van der Waals surface area contributed by atoms with Crippen molar-refractivity contribution < 1.29 is 8.42 Å². The van der Waals surface area contributed by atoms with E-state index in [1.165, 1.54) is 5.56 Å². The molecule has 0 unspecified atom stereocenters. The summed E-state index contributed by atoms with van der Waals surface area (Å²) in [5.74, 6) is 0.138. The molecular formula is C18H27NO2S. The number of benzene rings is 1. The number of sulfone groups is 1. The van der Waals surface area contributed by atoms with Crippen molar-refractivity contribution in [1.82, 2.24) is 5.32 Å². The monoisotopic (exact) mass is 321 g/mol. The van der Waals surface area contributed by atoms with Crippen LogP contribution in [0.3, 0.4) is 0 Å². The van der Waals surface area contributed by atoms with Crippen molar-refractivity contribution in [3.8, 4) is 0 Å². The van der Waals surface area contributed by atoms with Gasteiger partial charge in [0, 0.05) is 0 Å². The third kappa shape index (κ3) is 4.68. The van der Waals surface area contributed by atoms with Gasteiger partial charge in [0.15, 0.2) is 9.84 Å². The van der Waals surface area contributed by atoms with Crippen LogP contribution in [0.25, 0.3) is 6.08 Å². The van der Waals surface area contributed by atoms with Gasteiger partial charge in [0.25, 0.3) is 0 Å². The largest absolute Gasteiger partial charge is 0.317 e.